The molecule has 1 fully saturated rings. The van der Waals surface area contributed by atoms with E-state index in [2.05, 4.69) is 14.9 Å². The van der Waals surface area contributed by atoms with Crippen LogP contribution in [0.3, 0.4) is 0 Å². The number of halogens is 3. The van der Waals surface area contributed by atoms with Crippen molar-refractivity contribution in [2.24, 2.45) is 5.92 Å². The Balaban J connectivity index is 1.31. The van der Waals surface area contributed by atoms with Crippen LogP contribution in [0, 0.1) is 11.7 Å². The Kier molecular flexibility index (Phi) is 7.96. The molecule has 1 aliphatic rings. The summed E-state index contributed by atoms with van der Waals surface area (Å²) in [5.74, 6) is -0.475. The summed E-state index contributed by atoms with van der Waals surface area (Å²) in [7, 11) is -3.88. The molecule has 1 amide bonds. The molecule has 1 saturated heterocycles. The van der Waals surface area contributed by atoms with Crippen LogP contribution in [0.1, 0.15) is 18.4 Å². The quantitative estimate of drug-likeness (QED) is 0.401. The lowest BCUT2D eigenvalue weighted by Crippen LogP contribution is -2.37. The van der Waals surface area contributed by atoms with Crippen LogP contribution in [0.15, 0.2) is 71.6 Å². The number of nitrogens with zero attached hydrogens (tertiary/aromatic N) is 1. The predicted octanol–water partition coefficient (Wildman–Crippen LogP) is 5.78. The summed E-state index contributed by atoms with van der Waals surface area (Å²) >= 11 is 12.0. The molecule has 0 spiro atoms. The molecule has 0 aliphatic carbocycles. The van der Waals surface area contributed by atoms with Gasteiger partial charge in [-0.25, -0.2) is 12.8 Å². The molecule has 35 heavy (non-hydrogen) atoms. The Morgan fingerprint density at radius 3 is 2.29 bits per heavy atom. The molecule has 4 rings (SSSR count). The number of hydrogen-bond donors (Lipinski definition) is 2. The zero-order valence-electron chi connectivity index (χ0n) is 18.7. The highest BCUT2D eigenvalue weighted by atomic mass is 35.5. The van der Waals surface area contributed by atoms with Gasteiger partial charge in [0.1, 0.15) is 5.82 Å². The summed E-state index contributed by atoms with van der Waals surface area (Å²) < 4.78 is 40.9. The molecule has 184 valence electrons. The van der Waals surface area contributed by atoms with Gasteiger partial charge in [-0.3, -0.25) is 14.4 Å². The minimum atomic E-state index is -3.88. The highest BCUT2D eigenvalue weighted by Gasteiger charge is 2.25. The normalized spacial score (nSPS) is 15.1. The van der Waals surface area contributed by atoms with E-state index in [0.29, 0.717) is 18.5 Å². The summed E-state index contributed by atoms with van der Waals surface area (Å²) in [4.78, 5) is 15.0. The highest BCUT2D eigenvalue weighted by Crippen LogP contribution is 2.31. The Labute approximate surface area is 214 Å². The van der Waals surface area contributed by atoms with E-state index in [-0.39, 0.29) is 38.3 Å². The van der Waals surface area contributed by atoms with Crippen LogP contribution in [0.5, 0.6) is 0 Å². The minimum absolute atomic E-state index is 0.0284. The third kappa shape index (κ3) is 6.52. The first-order valence-electron chi connectivity index (χ1n) is 11.1. The van der Waals surface area contributed by atoms with Crippen molar-refractivity contribution in [3.63, 3.8) is 0 Å². The molecule has 3 aromatic rings. The fourth-order valence-electron chi connectivity index (χ4n) is 3.95. The standard InChI is InChI=1S/C25H24Cl2FN3O3S/c26-22-2-1-3-23(24(22)27)30-35(33,34)21-10-8-20(9-11-21)29-25(32)18-12-14-31(15-13-18)16-17-4-6-19(28)7-5-17/h1-11,18,30H,12-16H2,(H,29,32). The third-order valence-electron chi connectivity index (χ3n) is 5.91. The second kappa shape index (κ2) is 11.0. The molecule has 6 nitrogen and oxygen atoms in total. The molecule has 1 aliphatic heterocycles. The number of anilines is 2. The molecule has 10 heteroatoms. The van der Waals surface area contributed by atoms with Crippen molar-refractivity contribution in [1.29, 1.82) is 0 Å². The topological polar surface area (TPSA) is 78.5 Å². The maximum absolute atomic E-state index is 13.1. The van der Waals surface area contributed by atoms with Crippen molar-refractivity contribution in [2.45, 2.75) is 24.3 Å². The molecule has 0 saturated carbocycles. The number of piperidine rings is 1. The third-order valence-corrected chi connectivity index (χ3v) is 8.11. The molecule has 0 radical (unpaired) electrons. The van der Waals surface area contributed by atoms with Crippen LogP contribution in [0.25, 0.3) is 0 Å². The number of likely N-dealkylation sites (tertiary alicyclic amines) is 1. The second-order valence-electron chi connectivity index (χ2n) is 8.40. The van der Waals surface area contributed by atoms with Gasteiger partial charge in [0.05, 0.1) is 20.6 Å². The summed E-state index contributed by atoms with van der Waals surface area (Å²) in [6.07, 6.45) is 1.42. The van der Waals surface area contributed by atoms with Crippen molar-refractivity contribution >= 4 is 50.5 Å². The van der Waals surface area contributed by atoms with E-state index in [0.717, 1.165) is 25.2 Å². The van der Waals surface area contributed by atoms with Crippen molar-refractivity contribution in [2.75, 3.05) is 23.1 Å². The number of benzene rings is 3. The van der Waals surface area contributed by atoms with Crippen molar-refractivity contribution in [1.82, 2.24) is 4.90 Å². The molecule has 0 unspecified atom stereocenters. The first-order chi connectivity index (χ1) is 16.7. The van der Waals surface area contributed by atoms with E-state index in [1.807, 2.05) is 0 Å². The van der Waals surface area contributed by atoms with E-state index in [1.165, 1.54) is 30.3 Å². The number of rotatable bonds is 7. The van der Waals surface area contributed by atoms with Crippen LogP contribution in [-0.2, 0) is 21.4 Å². The summed E-state index contributed by atoms with van der Waals surface area (Å²) in [6.45, 7) is 2.26. The molecule has 2 N–H and O–H groups in total. The molecular formula is C25H24Cl2FN3O3S. The highest BCUT2D eigenvalue weighted by molar-refractivity contribution is 7.92. The lowest BCUT2D eigenvalue weighted by atomic mass is 9.95. The van der Waals surface area contributed by atoms with Gasteiger partial charge in [-0.05, 0) is 80.0 Å². The van der Waals surface area contributed by atoms with Gasteiger partial charge in [0.25, 0.3) is 10.0 Å². The van der Waals surface area contributed by atoms with Crippen molar-refractivity contribution < 1.29 is 17.6 Å². The maximum atomic E-state index is 13.1. The number of carbonyl (C=O) groups is 1. The zero-order chi connectivity index (χ0) is 25.0. The van der Waals surface area contributed by atoms with Gasteiger partial charge in [-0.15, -0.1) is 0 Å². The van der Waals surface area contributed by atoms with Crippen LogP contribution in [0.4, 0.5) is 15.8 Å². The summed E-state index contributed by atoms with van der Waals surface area (Å²) in [6, 6.07) is 17.1. The number of nitrogens with one attached hydrogen (secondary N) is 2. The van der Waals surface area contributed by atoms with Gasteiger partial charge in [-0.1, -0.05) is 41.4 Å². The van der Waals surface area contributed by atoms with E-state index >= 15 is 0 Å². The second-order valence-corrected chi connectivity index (χ2v) is 10.9. The Morgan fingerprint density at radius 1 is 0.971 bits per heavy atom. The van der Waals surface area contributed by atoms with Gasteiger partial charge >= 0.3 is 0 Å². The van der Waals surface area contributed by atoms with E-state index in [1.54, 1.807) is 36.4 Å². The van der Waals surface area contributed by atoms with Gasteiger partial charge in [0.2, 0.25) is 5.91 Å². The number of hydrogen-bond acceptors (Lipinski definition) is 4. The monoisotopic (exact) mass is 535 g/mol. The molecule has 3 aromatic carbocycles. The SMILES string of the molecule is O=C(Nc1ccc(S(=O)(=O)Nc2cccc(Cl)c2Cl)cc1)C1CCN(Cc2ccc(F)cc2)CC1. The van der Waals surface area contributed by atoms with Gasteiger partial charge in [0, 0.05) is 18.2 Å². The molecular weight excluding hydrogens is 512 g/mol. The zero-order valence-corrected chi connectivity index (χ0v) is 21.0. The summed E-state index contributed by atoms with van der Waals surface area (Å²) in [5.41, 5.74) is 1.74. The van der Waals surface area contributed by atoms with E-state index in [4.69, 9.17) is 23.2 Å². The predicted molar refractivity (Wildman–Crippen MR) is 137 cm³/mol. The lowest BCUT2D eigenvalue weighted by Gasteiger charge is -2.31. The first-order valence-corrected chi connectivity index (χ1v) is 13.3. The summed E-state index contributed by atoms with van der Waals surface area (Å²) in [5, 5.41) is 3.23. The fraction of sp³-hybridized carbons (Fsp3) is 0.240. The minimum Gasteiger partial charge on any atom is -0.326 e. The first kappa shape index (κ1) is 25.4. The number of carbonyl (C=O) groups excluding carboxylic acids is 1. The average molecular weight is 536 g/mol. The van der Waals surface area contributed by atoms with Gasteiger partial charge in [-0.2, -0.15) is 0 Å². The Morgan fingerprint density at radius 2 is 1.63 bits per heavy atom. The number of sulfonamides is 1. The Bertz CT molecular complexity index is 1290. The van der Waals surface area contributed by atoms with Crippen LogP contribution < -0.4 is 10.0 Å². The average Bonchev–Trinajstić information content (AvgIpc) is 2.84. The molecule has 0 atom stereocenters. The smallest absolute Gasteiger partial charge is 0.261 e. The van der Waals surface area contributed by atoms with Crippen molar-refractivity contribution in [3.8, 4) is 0 Å². The fourth-order valence-corrected chi connectivity index (χ4v) is 5.42. The van der Waals surface area contributed by atoms with E-state index < -0.39 is 10.0 Å². The molecule has 1 heterocycles. The van der Waals surface area contributed by atoms with E-state index in [9.17, 15) is 17.6 Å². The molecule has 0 aromatic heterocycles. The lowest BCUT2D eigenvalue weighted by molar-refractivity contribution is -0.121. The molecule has 0 bridgehead atoms. The van der Waals surface area contributed by atoms with Crippen LogP contribution in [-0.4, -0.2) is 32.3 Å². The van der Waals surface area contributed by atoms with Gasteiger partial charge in [0.15, 0.2) is 0 Å². The Hall–Kier alpha value is -2.65. The van der Waals surface area contributed by atoms with Gasteiger partial charge < -0.3 is 5.32 Å². The van der Waals surface area contributed by atoms with Crippen LogP contribution >= 0.6 is 23.2 Å². The maximum Gasteiger partial charge on any atom is 0.261 e. The number of amides is 1. The van der Waals surface area contributed by atoms with Crippen LogP contribution in [0.2, 0.25) is 10.0 Å². The largest absolute Gasteiger partial charge is 0.326 e. The van der Waals surface area contributed by atoms with Crippen molar-refractivity contribution in [3.05, 3.63) is 88.2 Å².